The van der Waals surface area contributed by atoms with Gasteiger partial charge in [0.05, 0.1) is 30.2 Å². The number of amides is 3. The van der Waals surface area contributed by atoms with Gasteiger partial charge in [0.25, 0.3) is 0 Å². The van der Waals surface area contributed by atoms with Crippen LogP contribution >= 0.6 is 15.9 Å². The summed E-state index contributed by atoms with van der Waals surface area (Å²) in [6.45, 7) is 5.11. The normalized spacial score (nSPS) is 25.1. The van der Waals surface area contributed by atoms with E-state index in [1.807, 2.05) is 13.0 Å². The van der Waals surface area contributed by atoms with E-state index in [4.69, 9.17) is 9.47 Å². The lowest BCUT2D eigenvalue weighted by atomic mass is 10.0. The highest BCUT2D eigenvalue weighted by atomic mass is 79.9. The van der Waals surface area contributed by atoms with Crippen molar-refractivity contribution in [2.45, 2.75) is 77.2 Å². The van der Waals surface area contributed by atoms with Crippen LogP contribution in [0, 0.1) is 0 Å². The molecule has 2 aromatic rings. The smallest absolute Gasteiger partial charge is 0.359 e. The molecule has 0 saturated heterocycles. The van der Waals surface area contributed by atoms with Crippen LogP contribution in [0.3, 0.4) is 0 Å². The number of cyclic esters (lactones) is 1. The van der Waals surface area contributed by atoms with Gasteiger partial charge < -0.3 is 35.2 Å². The van der Waals surface area contributed by atoms with Crippen molar-refractivity contribution in [2.75, 3.05) is 14.2 Å². The first kappa shape index (κ1) is 36.3. The summed E-state index contributed by atoms with van der Waals surface area (Å²) in [5, 5.41) is 25.7. The molecule has 12 heteroatoms. The average molecular weight is 701 g/mol. The zero-order valence-corrected chi connectivity index (χ0v) is 28.3. The summed E-state index contributed by atoms with van der Waals surface area (Å²) < 4.78 is 11.8. The van der Waals surface area contributed by atoms with E-state index in [-0.39, 0.29) is 36.5 Å². The van der Waals surface area contributed by atoms with Crippen molar-refractivity contribution in [1.82, 2.24) is 15.5 Å². The quantitative estimate of drug-likeness (QED) is 0.162. The van der Waals surface area contributed by atoms with Gasteiger partial charge in [-0.2, -0.15) is 0 Å². The number of likely N-dealkylation sites (N-methyl/N-ethyl adjacent to an activating group) is 1. The molecule has 0 bridgehead atoms. The minimum Gasteiger partial charge on any atom is -0.507 e. The molecule has 1 aliphatic heterocycles. The molecule has 248 valence electrons. The molecule has 0 radical (unpaired) electrons. The zero-order valence-electron chi connectivity index (χ0n) is 26.7. The number of carbonyl (C=O) groups is 4. The summed E-state index contributed by atoms with van der Waals surface area (Å²) in [5.74, 6) is -2.56. The van der Waals surface area contributed by atoms with E-state index < -0.39 is 48.0 Å². The number of halogens is 1. The van der Waals surface area contributed by atoms with Crippen LogP contribution in [-0.4, -0.2) is 77.3 Å². The number of phenolic OH excluding ortho intramolecular Hbond substituents is 1. The number of aromatic hydroxyl groups is 1. The summed E-state index contributed by atoms with van der Waals surface area (Å²) in [6.07, 6.45) is 1.36. The van der Waals surface area contributed by atoms with E-state index in [9.17, 15) is 29.4 Å². The first-order valence-corrected chi connectivity index (χ1v) is 15.8. The van der Waals surface area contributed by atoms with Crippen LogP contribution in [0.4, 0.5) is 0 Å². The number of esters is 1. The summed E-state index contributed by atoms with van der Waals surface area (Å²) >= 11 is 3.28. The number of ether oxygens (including phenoxy) is 2. The van der Waals surface area contributed by atoms with Gasteiger partial charge in [-0.1, -0.05) is 48.0 Å². The van der Waals surface area contributed by atoms with Crippen molar-refractivity contribution in [1.29, 1.82) is 0 Å². The molecule has 3 rings (SSSR count). The molecule has 0 saturated carbocycles. The van der Waals surface area contributed by atoms with Crippen LogP contribution in [0.25, 0.3) is 5.76 Å². The molecular weight excluding hydrogens is 658 g/mol. The van der Waals surface area contributed by atoms with E-state index in [0.29, 0.717) is 28.4 Å². The van der Waals surface area contributed by atoms with Gasteiger partial charge in [-0.3, -0.25) is 14.4 Å². The molecule has 0 unspecified atom stereocenters. The van der Waals surface area contributed by atoms with Crippen molar-refractivity contribution in [3.63, 3.8) is 0 Å². The van der Waals surface area contributed by atoms with Gasteiger partial charge in [-0.05, 0) is 73.7 Å². The Morgan fingerprint density at radius 3 is 2.46 bits per heavy atom. The summed E-state index contributed by atoms with van der Waals surface area (Å²) in [7, 11) is 2.80. The third-order valence-corrected chi connectivity index (χ3v) is 8.27. The van der Waals surface area contributed by atoms with E-state index >= 15 is 0 Å². The van der Waals surface area contributed by atoms with Gasteiger partial charge >= 0.3 is 5.97 Å². The van der Waals surface area contributed by atoms with E-state index in [1.54, 1.807) is 49.4 Å². The fourth-order valence-corrected chi connectivity index (χ4v) is 5.38. The van der Waals surface area contributed by atoms with Crippen LogP contribution in [0.15, 0.2) is 70.3 Å². The Labute approximate surface area is 277 Å². The fourth-order valence-electron chi connectivity index (χ4n) is 4.96. The number of benzene rings is 2. The molecule has 0 fully saturated rings. The maximum Gasteiger partial charge on any atom is 0.359 e. The van der Waals surface area contributed by atoms with Crippen LogP contribution in [0.2, 0.25) is 0 Å². The Balaban J connectivity index is 2.10. The second-order valence-corrected chi connectivity index (χ2v) is 12.3. The molecule has 0 spiro atoms. The van der Waals surface area contributed by atoms with Gasteiger partial charge in [-0.15, -0.1) is 0 Å². The molecule has 2 aromatic carbocycles. The topological polar surface area (TPSA) is 154 Å². The number of phenols is 1. The molecule has 1 aliphatic rings. The van der Waals surface area contributed by atoms with Gasteiger partial charge in [0.1, 0.15) is 17.8 Å². The van der Waals surface area contributed by atoms with Crippen LogP contribution in [0.1, 0.15) is 57.6 Å². The molecule has 1 heterocycles. The van der Waals surface area contributed by atoms with Gasteiger partial charge in [-0.25, -0.2) is 4.79 Å². The third-order valence-electron chi connectivity index (χ3n) is 7.64. The second kappa shape index (κ2) is 17.0. The number of allylic oxidation sites excluding steroid dienone is 1. The van der Waals surface area contributed by atoms with Crippen molar-refractivity contribution in [3.05, 3.63) is 81.5 Å². The predicted molar refractivity (Wildman–Crippen MR) is 176 cm³/mol. The second-order valence-electron chi connectivity index (χ2n) is 11.4. The zero-order chi connectivity index (χ0) is 34.0. The molecule has 3 amide bonds. The third kappa shape index (κ3) is 10.2. The summed E-state index contributed by atoms with van der Waals surface area (Å²) in [6, 6.07) is 11.2. The molecule has 0 aliphatic carbocycles. The van der Waals surface area contributed by atoms with E-state index in [1.165, 1.54) is 32.0 Å². The number of hydrogen-bond donors (Lipinski definition) is 4. The van der Waals surface area contributed by atoms with Gasteiger partial charge in [0.15, 0.2) is 11.5 Å². The molecule has 0 aromatic heterocycles. The first-order chi connectivity index (χ1) is 21.8. The van der Waals surface area contributed by atoms with Crippen LogP contribution < -0.4 is 10.6 Å². The SMILES string of the molecule is CO/C(=C1/NC(=O)[C@@H](Cc2ccc(O)c(Br)c2)N(C)C(=O)[C@H](C)NC(=O)C[C@H](O)C/C=C(/C)CC[C@H](C)OC1=O)c1ccccc1. The molecule has 11 nitrogen and oxygen atoms in total. The molecule has 4 N–H and O–H groups in total. The standard InChI is InChI=1S/C34H42BrN3O8/c1-20-11-13-21(2)46-34(44)30(31(45-5)24-9-7-6-8-10-24)37-32(42)27(18-23-14-16-28(40)26(35)17-23)38(4)33(43)22(3)36-29(41)19-25(39)15-12-20/h6-10,12,14,16-17,21-22,25,27,39-40H,11,13,15,18-19H2,1-5H3,(H,36,41)(H,37,42)/b20-12-,31-30+/t21-,22-,25+,27+/m0/s1. The maximum atomic E-state index is 14.1. The first-order valence-electron chi connectivity index (χ1n) is 15.0. The highest BCUT2D eigenvalue weighted by Crippen LogP contribution is 2.26. The minimum atomic E-state index is -1.18. The van der Waals surface area contributed by atoms with Crippen molar-refractivity contribution < 1.29 is 38.9 Å². The maximum absolute atomic E-state index is 14.1. The lowest BCUT2D eigenvalue weighted by Crippen LogP contribution is -2.54. The highest BCUT2D eigenvalue weighted by Gasteiger charge is 2.34. The lowest BCUT2D eigenvalue weighted by molar-refractivity contribution is -0.146. The number of rotatable bonds is 4. The van der Waals surface area contributed by atoms with Crippen molar-refractivity contribution in [2.24, 2.45) is 0 Å². The van der Waals surface area contributed by atoms with E-state index in [0.717, 1.165) is 5.57 Å². The minimum absolute atomic E-state index is 0.00302. The van der Waals surface area contributed by atoms with Crippen LogP contribution in [-0.2, 0) is 35.1 Å². The monoisotopic (exact) mass is 699 g/mol. The summed E-state index contributed by atoms with van der Waals surface area (Å²) in [4.78, 5) is 55.3. The fraction of sp³-hybridized carbons (Fsp3) is 0.412. The Morgan fingerprint density at radius 2 is 1.80 bits per heavy atom. The Hall–Kier alpha value is -4.16. The Morgan fingerprint density at radius 1 is 1.11 bits per heavy atom. The number of carbonyl (C=O) groups excluding carboxylic acids is 4. The number of hydrogen-bond acceptors (Lipinski definition) is 8. The van der Waals surface area contributed by atoms with Gasteiger partial charge in [0.2, 0.25) is 17.7 Å². The summed E-state index contributed by atoms with van der Waals surface area (Å²) in [5.41, 5.74) is 1.82. The lowest BCUT2D eigenvalue weighted by Gasteiger charge is -2.30. The molecule has 46 heavy (non-hydrogen) atoms. The van der Waals surface area contributed by atoms with Crippen LogP contribution in [0.5, 0.6) is 5.75 Å². The van der Waals surface area contributed by atoms with Crippen molar-refractivity contribution in [3.8, 4) is 5.75 Å². The number of nitrogens with one attached hydrogen (secondary N) is 2. The predicted octanol–water partition coefficient (Wildman–Crippen LogP) is 3.97. The highest BCUT2D eigenvalue weighted by molar-refractivity contribution is 9.10. The van der Waals surface area contributed by atoms with E-state index in [2.05, 4.69) is 26.6 Å². The largest absolute Gasteiger partial charge is 0.507 e. The van der Waals surface area contributed by atoms with Gasteiger partial charge in [0, 0.05) is 19.0 Å². The number of aliphatic hydroxyl groups is 1. The number of nitrogens with zero attached hydrogens (tertiary/aromatic N) is 1. The molecule has 4 atom stereocenters. The Bertz CT molecular complexity index is 1480. The Kier molecular flexibility index (Phi) is 13.4. The number of aliphatic hydroxyl groups excluding tert-OH is 1. The number of methoxy groups -OCH3 is 1. The molecular formula is C34H42BrN3O8. The van der Waals surface area contributed by atoms with Crippen molar-refractivity contribution >= 4 is 45.4 Å². The average Bonchev–Trinajstić information content (AvgIpc) is 3.02.